The van der Waals surface area contributed by atoms with Crippen LogP contribution in [0.15, 0.2) is 40.7 Å². The van der Waals surface area contributed by atoms with Crippen molar-refractivity contribution in [1.82, 2.24) is 4.90 Å². The molecule has 0 aromatic heterocycles. The zero-order valence-corrected chi connectivity index (χ0v) is 24.4. The number of nitrogens with zero attached hydrogens (tertiary/aromatic N) is 1. The van der Waals surface area contributed by atoms with E-state index in [0.717, 1.165) is 42.4 Å². The Morgan fingerprint density at radius 3 is 1.87 bits per heavy atom. The number of methoxy groups -OCH3 is 1. The molecule has 0 atom stereocenters. The molecule has 1 aromatic carbocycles. The highest BCUT2D eigenvalue weighted by molar-refractivity contribution is 6.06. The molecule has 1 aliphatic heterocycles. The number of carbonyl (C=O) groups excluding carboxylic acids is 2. The van der Waals surface area contributed by atoms with Crippen LogP contribution in [0.1, 0.15) is 111 Å². The number of Topliss-reactive ketones (excluding diaryl/α,β-unsaturated/α-hetero) is 2. The van der Waals surface area contributed by atoms with E-state index >= 15 is 0 Å². The maximum Gasteiger partial charge on any atom is 0.162 e. The molecule has 1 aromatic rings. The summed E-state index contributed by atoms with van der Waals surface area (Å²) in [6, 6.07) is 6.33. The highest BCUT2D eigenvalue weighted by atomic mass is 16.5. The zero-order valence-electron chi connectivity index (χ0n) is 24.4. The molecule has 0 saturated heterocycles. The van der Waals surface area contributed by atoms with Crippen molar-refractivity contribution in [2.24, 2.45) is 10.8 Å². The van der Waals surface area contributed by atoms with Crippen molar-refractivity contribution in [3.8, 4) is 11.5 Å². The summed E-state index contributed by atoms with van der Waals surface area (Å²) in [5.41, 5.74) is 4.78. The standard InChI is InChI=1S/C33H45NO4/c1-20(2)38-27-14-13-21(15-28(27)37-7)29-30-23(16-32(3,4)18-25(30)35)34(22-11-9-8-10-12-22)24-17-33(5,6)19-26(36)31(24)29/h13-15,20,22,29H,8-12,16-19H2,1-7H3. The van der Waals surface area contributed by atoms with Gasteiger partial charge in [0.05, 0.1) is 13.2 Å². The number of rotatable bonds is 5. The van der Waals surface area contributed by atoms with E-state index in [9.17, 15) is 9.59 Å². The van der Waals surface area contributed by atoms with Crippen LogP contribution in [0.3, 0.4) is 0 Å². The van der Waals surface area contributed by atoms with Crippen molar-refractivity contribution < 1.29 is 19.1 Å². The number of ether oxygens (including phenoxy) is 2. The number of hydrogen-bond donors (Lipinski definition) is 0. The van der Waals surface area contributed by atoms with Crippen molar-refractivity contribution >= 4 is 11.6 Å². The summed E-state index contributed by atoms with van der Waals surface area (Å²) in [6.07, 6.45) is 8.68. The van der Waals surface area contributed by atoms with Crippen molar-refractivity contribution in [3.05, 3.63) is 46.3 Å². The quantitative estimate of drug-likeness (QED) is 0.403. The van der Waals surface area contributed by atoms with E-state index in [1.807, 2.05) is 32.0 Å². The molecule has 3 aliphatic carbocycles. The molecule has 1 fully saturated rings. The zero-order chi connectivity index (χ0) is 27.4. The second kappa shape index (κ2) is 9.88. The van der Waals surface area contributed by atoms with Gasteiger partial charge in [0.2, 0.25) is 0 Å². The Morgan fingerprint density at radius 2 is 1.37 bits per heavy atom. The van der Waals surface area contributed by atoms with Gasteiger partial charge in [-0.25, -0.2) is 0 Å². The van der Waals surface area contributed by atoms with Crippen LogP contribution >= 0.6 is 0 Å². The molecule has 206 valence electrons. The van der Waals surface area contributed by atoms with E-state index in [4.69, 9.17) is 9.47 Å². The fraction of sp³-hybridized carbons (Fsp3) is 0.636. The third-order valence-electron chi connectivity index (χ3n) is 8.78. The first kappa shape index (κ1) is 27.0. The second-order valence-electron chi connectivity index (χ2n) is 13.8. The van der Waals surface area contributed by atoms with E-state index in [0.29, 0.717) is 30.4 Å². The van der Waals surface area contributed by atoms with Gasteiger partial charge in [-0.3, -0.25) is 9.59 Å². The molecular formula is C33H45NO4. The first-order valence-electron chi connectivity index (χ1n) is 14.6. The topological polar surface area (TPSA) is 55.8 Å². The molecule has 0 radical (unpaired) electrons. The minimum absolute atomic E-state index is 0.0152. The Bertz CT molecular complexity index is 1140. The molecule has 4 aliphatic rings. The normalized spacial score (nSPS) is 24.1. The minimum Gasteiger partial charge on any atom is -0.493 e. The van der Waals surface area contributed by atoms with Crippen molar-refractivity contribution in [1.29, 1.82) is 0 Å². The van der Waals surface area contributed by atoms with Crippen molar-refractivity contribution in [3.63, 3.8) is 0 Å². The SMILES string of the molecule is COc1cc(C2C3=C(CC(C)(C)CC3=O)N(C3CCCCC3)C3=C2C(=O)CC(C)(C)C3)ccc1OC(C)C. The van der Waals surface area contributed by atoms with E-state index in [1.165, 1.54) is 30.7 Å². The number of hydrogen-bond acceptors (Lipinski definition) is 5. The number of benzene rings is 1. The number of allylic oxidation sites excluding steroid dienone is 4. The van der Waals surface area contributed by atoms with E-state index in [-0.39, 0.29) is 34.4 Å². The lowest BCUT2D eigenvalue weighted by Gasteiger charge is -2.52. The molecule has 5 nitrogen and oxygen atoms in total. The average Bonchev–Trinajstić information content (AvgIpc) is 2.82. The lowest BCUT2D eigenvalue weighted by molar-refractivity contribution is -0.119. The largest absolute Gasteiger partial charge is 0.493 e. The first-order chi connectivity index (χ1) is 17.9. The van der Waals surface area contributed by atoms with Gasteiger partial charge in [-0.1, -0.05) is 53.0 Å². The molecule has 0 bridgehead atoms. The molecule has 38 heavy (non-hydrogen) atoms. The minimum atomic E-state index is -0.353. The molecule has 0 spiro atoms. The van der Waals surface area contributed by atoms with E-state index < -0.39 is 0 Å². The third kappa shape index (κ3) is 4.94. The number of carbonyl (C=O) groups is 2. The predicted molar refractivity (Wildman–Crippen MR) is 150 cm³/mol. The monoisotopic (exact) mass is 519 g/mol. The van der Waals surface area contributed by atoms with Crippen LogP contribution in [0.2, 0.25) is 0 Å². The second-order valence-corrected chi connectivity index (χ2v) is 13.8. The maximum absolute atomic E-state index is 14.1. The maximum atomic E-state index is 14.1. The van der Waals surface area contributed by atoms with Crippen LogP contribution in [-0.4, -0.2) is 35.7 Å². The predicted octanol–water partition coefficient (Wildman–Crippen LogP) is 7.50. The molecule has 5 rings (SSSR count). The highest BCUT2D eigenvalue weighted by Gasteiger charge is 2.50. The number of ketones is 2. The van der Waals surface area contributed by atoms with Gasteiger partial charge in [0, 0.05) is 47.3 Å². The molecule has 5 heteroatoms. The summed E-state index contributed by atoms with van der Waals surface area (Å²) in [5, 5.41) is 0. The molecule has 1 heterocycles. The highest BCUT2D eigenvalue weighted by Crippen LogP contribution is 2.56. The lowest BCUT2D eigenvalue weighted by Crippen LogP contribution is -2.48. The van der Waals surface area contributed by atoms with Gasteiger partial charge >= 0.3 is 0 Å². The van der Waals surface area contributed by atoms with Crippen molar-refractivity contribution in [2.45, 2.75) is 117 Å². The molecule has 0 N–H and O–H groups in total. The first-order valence-corrected chi connectivity index (χ1v) is 14.6. The Hall–Kier alpha value is -2.56. The van der Waals surface area contributed by atoms with Gasteiger partial charge in [-0.15, -0.1) is 0 Å². The fourth-order valence-electron chi connectivity index (χ4n) is 7.32. The summed E-state index contributed by atoms with van der Waals surface area (Å²) >= 11 is 0. The summed E-state index contributed by atoms with van der Waals surface area (Å²) in [5.74, 6) is 1.35. The van der Waals surface area contributed by atoms with Gasteiger partial charge in [-0.2, -0.15) is 0 Å². The van der Waals surface area contributed by atoms with Crippen molar-refractivity contribution in [2.75, 3.05) is 7.11 Å². The Morgan fingerprint density at radius 1 is 0.816 bits per heavy atom. The van der Waals surface area contributed by atoms with Gasteiger partial charge < -0.3 is 14.4 Å². The van der Waals surface area contributed by atoms with Crippen LogP contribution in [0.4, 0.5) is 0 Å². The van der Waals surface area contributed by atoms with E-state index in [1.54, 1.807) is 7.11 Å². The Kier molecular flexibility index (Phi) is 7.02. The van der Waals surface area contributed by atoms with Crippen LogP contribution in [0.5, 0.6) is 11.5 Å². The fourth-order valence-corrected chi connectivity index (χ4v) is 7.32. The van der Waals surface area contributed by atoms with Crippen LogP contribution in [0.25, 0.3) is 0 Å². The van der Waals surface area contributed by atoms with Gasteiger partial charge in [-0.05, 0) is 68.1 Å². The van der Waals surface area contributed by atoms with Crippen LogP contribution < -0.4 is 9.47 Å². The molecule has 0 amide bonds. The molecule has 1 saturated carbocycles. The van der Waals surface area contributed by atoms with Crippen LogP contribution in [0, 0.1) is 10.8 Å². The summed E-state index contributed by atoms with van der Waals surface area (Å²) in [6.45, 7) is 12.8. The Labute approximate surface area is 228 Å². The van der Waals surface area contributed by atoms with Crippen LogP contribution in [-0.2, 0) is 9.59 Å². The van der Waals surface area contributed by atoms with E-state index in [2.05, 4.69) is 32.6 Å². The van der Waals surface area contributed by atoms with Gasteiger partial charge in [0.25, 0.3) is 0 Å². The third-order valence-corrected chi connectivity index (χ3v) is 8.78. The smallest absolute Gasteiger partial charge is 0.162 e. The lowest BCUT2D eigenvalue weighted by atomic mass is 9.63. The summed E-state index contributed by atoms with van der Waals surface area (Å²) in [4.78, 5) is 30.6. The Balaban J connectivity index is 1.74. The summed E-state index contributed by atoms with van der Waals surface area (Å²) in [7, 11) is 1.65. The molecule has 0 unspecified atom stereocenters. The summed E-state index contributed by atoms with van der Waals surface area (Å²) < 4.78 is 11.7. The average molecular weight is 520 g/mol. The molecular weight excluding hydrogens is 474 g/mol. The van der Waals surface area contributed by atoms with Gasteiger partial charge in [0.15, 0.2) is 23.1 Å². The van der Waals surface area contributed by atoms with Gasteiger partial charge in [0.1, 0.15) is 0 Å².